The van der Waals surface area contributed by atoms with Crippen molar-refractivity contribution in [3.05, 3.63) is 53.1 Å². The first-order valence-electron chi connectivity index (χ1n) is 13.5. The summed E-state index contributed by atoms with van der Waals surface area (Å²) in [5.41, 5.74) is 6.95. The fraction of sp³-hybridized carbons (Fsp3) is 0.500. The van der Waals surface area contributed by atoms with Gasteiger partial charge in [-0.15, -0.1) is 0 Å². The molecular weight excluding hydrogens is 450 g/mol. The summed E-state index contributed by atoms with van der Waals surface area (Å²) in [6.45, 7) is 6.45. The highest BCUT2D eigenvalue weighted by Gasteiger charge is 2.31. The number of nitrogens with zero attached hydrogens (tertiary/aromatic N) is 7. The molecule has 8 heteroatoms. The van der Waals surface area contributed by atoms with Crippen LogP contribution >= 0.6 is 0 Å². The Labute approximate surface area is 211 Å². The molecule has 4 aromatic rings. The van der Waals surface area contributed by atoms with E-state index < -0.39 is 0 Å². The van der Waals surface area contributed by atoms with E-state index in [-0.39, 0.29) is 6.04 Å². The molecule has 3 aliphatic rings. The summed E-state index contributed by atoms with van der Waals surface area (Å²) in [5, 5.41) is 6.40. The molecule has 3 aromatic heterocycles. The quantitative estimate of drug-likeness (QED) is 0.427. The fourth-order valence-electron chi connectivity index (χ4n) is 6.29. The molecule has 1 aromatic carbocycles. The SMILES string of the molecule is Cc1ccc2ncnc(N3CCCCC3c3cc4nc5c(c(N6CCOCC6)n4n3)CCCC5)c2c1. The summed E-state index contributed by atoms with van der Waals surface area (Å²) >= 11 is 0. The van der Waals surface area contributed by atoms with Crippen molar-refractivity contribution >= 4 is 28.2 Å². The van der Waals surface area contributed by atoms with Gasteiger partial charge < -0.3 is 14.5 Å². The van der Waals surface area contributed by atoms with Gasteiger partial charge in [0.15, 0.2) is 5.65 Å². The lowest BCUT2D eigenvalue weighted by Crippen LogP contribution is -2.38. The second-order valence-corrected chi connectivity index (χ2v) is 10.4. The highest BCUT2D eigenvalue weighted by Crippen LogP contribution is 2.38. The van der Waals surface area contributed by atoms with E-state index in [1.807, 2.05) is 0 Å². The van der Waals surface area contributed by atoms with E-state index in [1.165, 1.54) is 41.9 Å². The summed E-state index contributed by atoms with van der Waals surface area (Å²) in [5.74, 6) is 2.26. The van der Waals surface area contributed by atoms with E-state index in [0.29, 0.717) is 0 Å². The third-order valence-corrected chi connectivity index (χ3v) is 8.06. The zero-order valence-corrected chi connectivity index (χ0v) is 21.0. The highest BCUT2D eigenvalue weighted by atomic mass is 16.5. The first kappa shape index (κ1) is 22.0. The van der Waals surface area contributed by atoms with Gasteiger partial charge in [-0.3, -0.25) is 0 Å². The van der Waals surface area contributed by atoms with Gasteiger partial charge in [0.25, 0.3) is 0 Å². The lowest BCUT2D eigenvalue weighted by Gasteiger charge is -2.36. The first-order valence-corrected chi connectivity index (χ1v) is 13.5. The van der Waals surface area contributed by atoms with Crippen LogP contribution in [0.3, 0.4) is 0 Å². The molecule has 0 spiro atoms. The molecule has 2 saturated heterocycles. The van der Waals surface area contributed by atoms with E-state index >= 15 is 0 Å². The van der Waals surface area contributed by atoms with Gasteiger partial charge in [0.05, 0.1) is 30.5 Å². The van der Waals surface area contributed by atoms with Crippen molar-refractivity contribution in [3.8, 4) is 0 Å². The standard InChI is InChI=1S/C28H33N7O/c1-19-9-10-22-21(16-19)27(30-18-29-22)34-11-5-4-8-25(34)24-17-26-31-23-7-3-2-6-20(23)28(35(26)32-24)33-12-14-36-15-13-33/h9-10,16-18,25H,2-8,11-15H2,1H3. The molecule has 186 valence electrons. The summed E-state index contributed by atoms with van der Waals surface area (Å²) in [4.78, 5) is 19.4. The van der Waals surface area contributed by atoms with Crippen molar-refractivity contribution in [2.24, 2.45) is 0 Å². The Hall–Kier alpha value is -3.26. The number of morpholine rings is 1. The number of hydrogen-bond acceptors (Lipinski definition) is 7. The Morgan fingerprint density at radius 3 is 2.75 bits per heavy atom. The Morgan fingerprint density at radius 1 is 0.944 bits per heavy atom. The van der Waals surface area contributed by atoms with Crippen molar-refractivity contribution in [1.82, 2.24) is 24.6 Å². The van der Waals surface area contributed by atoms with Crippen LogP contribution in [0.1, 0.15) is 60.7 Å². The van der Waals surface area contributed by atoms with E-state index in [1.54, 1.807) is 6.33 Å². The minimum absolute atomic E-state index is 0.175. The minimum atomic E-state index is 0.175. The third-order valence-electron chi connectivity index (χ3n) is 8.06. The monoisotopic (exact) mass is 483 g/mol. The van der Waals surface area contributed by atoms with Crippen LogP contribution in [0.5, 0.6) is 0 Å². The molecule has 1 aliphatic carbocycles. The molecule has 2 aliphatic heterocycles. The van der Waals surface area contributed by atoms with Crippen molar-refractivity contribution < 1.29 is 4.74 Å². The summed E-state index contributed by atoms with van der Waals surface area (Å²) < 4.78 is 7.82. The van der Waals surface area contributed by atoms with Crippen LogP contribution < -0.4 is 9.80 Å². The number of ether oxygens (including phenoxy) is 1. The van der Waals surface area contributed by atoms with Crippen molar-refractivity contribution in [1.29, 1.82) is 0 Å². The normalized spacial score (nSPS) is 20.8. The molecular formula is C28H33N7O. The molecule has 2 fully saturated rings. The molecule has 0 N–H and O–H groups in total. The van der Waals surface area contributed by atoms with Crippen LogP contribution in [0.4, 0.5) is 11.6 Å². The Kier molecular flexibility index (Phi) is 5.49. The summed E-state index contributed by atoms with van der Waals surface area (Å²) in [6.07, 6.45) is 9.71. The molecule has 1 atom stereocenters. The lowest BCUT2D eigenvalue weighted by atomic mass is 9.96. The molecule has 0 radical (unpaired) electrons. The largest absolute Gasteiger partial charge is 0.378 e. The van der Waals surface area contributed by atoms with E-state index in [2.05, 4.69) is 50.5 Å². The van der Waals surface area contributed by atoms with Gasteiger partial charge in [0.1, 0.15) is 18.0 Å². The highest BCUT2D eigenvalue weighted by molar-refractivity contribution is 5.90. The number of aryl methyl sites for hydroxylation is 2. The molecule has 0 saturated carbocycles. The number of aromatic nitrogens is 5. The van der Waals surface area contributed by atoms with E-state index in [0.717, 1.165) is 86.6 Å². The second kappa shape index (κ2) is 9.00. The van der Waals surface area contributed by atoms with Crippen molar-refractivity contribution in [2.75, 3.05) is 42.6 Å². The number of piperidine rings is 1. The fourth-order valence-corrected chi connectivity index (χ4v) is 6.29. The Bertz CT molecular complexity index is 1420. The number of anilines is 2. The predicted molar refractivity (Wildman–Crippen MR) is 141 cm³/mol. The van der Waals surface area contributed by atoms with Gasteiger partial charge in [-0.2, -0.15) is 9.61 Å². The molecule has 1 unspecified atom stereocenters. The van der Waals surface area contributed by atoms with Gasteiger partial charge in [-0.1, -0.05) is 11.6 Å². The minimum Gasteiger partial charge on any atom is -0.378 e. The number of benzene rings is 1. The van der Waals surface area contributed by atoms with Crippen LogP contribution in [0, 0.1) is 6.92 Å². The van der Waals surface area contributed by atoms with Crippen LogP contribution in [0.25, 0.3) is 16.6 Å². The number of rotatable bonds is 3. The Balaban J connectivity index is 1.36. The maximum Gasteiger partial charge on any atom is 0.157 e. The average molecular weight is 484 g/mol. The zero-order valence-electron chi connectivity index (χ0n) is 21.0. The van der Waals surface area contributed by atoms with Gasteiger partial charge in [0.2, 0.25) is 0 Å². The van der Waals surface area contributed by atoms with Gasteiger partial charge >= 0.3 is 0 Å². The number of fused-ring (bicyclic) bond motifs is 3. The lowest BCUT2D eigenvalue weighted by molar-refractivity contribution is 0.122. The molecule has 0 amide bonds. The van der Waals surface area contributed by atoms with Crippen LogP contribution in [-0.4, -0.2) is 57.4 Å². The van der Waals surface area contributed by atoms with Gasteiger partial charge in [-0.05, 0) is 64.0 Å². The maximum absolute atomic E-state index is 5.68. The van der Waals surface area contributed by atoms with Gasteiger partial charge in [0, 0.05) is 42.3 Å². The smallest absolute Gasteiger partial charge is 0.157 e. The van der Waals surface area contributed by atoms with Crippen LogP contribution in [-0.2, 0) is 17.6 Å². The first-order chi connectivity index (χ1) is 17.8. The molecule has 5 heterocycles. The topological polar surface area (TPSA) is 71.7 Å². The molecule has 8 nitrogen and oxygen atoms in total. The molecule has 7 rings (SSSR count). The van der Waals surface area contributed by atoms with Crippen LogP contribution in [0.15, 0.2) is 30.6 Å². The molecule has 36 heavy (non-hydrogen) atoms. The third kappa shape index (κ3) is 3.70. The summed E-state index contributed by atoms with van der Waals surface area (Å²) in [6, 6.07) is 8.84. The van der Waals surface area contributed by atoms with E-state index in [4.69, 9.17) is 19.8 Å². The van der Waals surface area contributed by atoms with E-state index in [9.17, 15) is 0 Å². The van der Waals surface area contributed by atoms with Crippen molar-refractivity contribution in [2.45, 2.75) is 57.9 Å². The summed E-state index contributed by atoms with van der Waals surface area (Å²) in [7, 11) is 0. The van der Waals surface area contributed by atoms with Crippen LogP contribution in [0.2, 0.25) is 0 Å². The van der Waals surface area contributed by atoms with Gasteiger partial charge in [-0.25, -0.2) is 15.0 Å². The maximum atomic E-state index is 5.68. The molecule has 0 bridgehead atoms. The second-order valence-electron chi connectivity index (χ2n) is 10.4. The Morgan fingerprint density at radius 2 is 1.83 bits per heavy atom. The van der Waals surface area contributed by atoms with Crippen molar-refractivity contribution in [3.63, 3.8) is 0 Å². The average Bonchev–Trinajstić information content (AvgIpc) is 3.35. The predicted octanol–water partition coefficient (Wildman–Crippen LogP) is 4.43. The zero-order chi connectivity index (χ0) is 24.1. The number of hydrogen-bond donors (Lipinski definition) is 0.